The van der Waals surface area contributed by atoms with Crippen LogP contribution in [0.25, 0.3) is 0 Å². The first kappa shape index (κ1) is 20.4. The Labute approximate surface area is 156 Å². The molecule has 1 N–H and O–H groups in total. The quantitative estimate of drug-likeness (QED) is 0.743. The van der Waals surface area contributed by atoms with Crippen LogP contribution >= 0.6 is 0 Å². The number of amides is 1. The molecule has 0 heterocycles. The third-order valence-corrected chi connectivity index (χ3v) is 4.07. The van der Waals surface area contributed by atoms with Crippen LogP contribution in [-0.4, -0.2) is 25.1 Å². The smallest absolute Gasteiger partial charge is 0.387 e. The summed E-state index contributed by atoms with van der Waals surface area (Å²) in [7, 11) is 0. The minimum atomic E-state index is -3.07. The van der Waals surface area contributed by atoms with E-state index in [1.54, 1.807) is 0 Å². The maximum Gasteiger partial charge on any atom is 0.387 e. The zero-order valence-electron chi connectivity index (χ0n) is 15.3. The minimum absolute atomic E-state index is 0.173. The monoisotopic (exact) mass is 377 g/mol. The summed E-state index contributed by atoms with van der Waals surface area (Å²) in [5.41, 5.74) is 3.01. The molecule has 0 aliphatic heterocycles. The Balaban J connectivity index is 1.93. The third-order valence-electron chi connectivity index (χ3n) is 4.07. The van der Waals surface area contributed by atoms with Gasteiger partial charge in [-0.1, -0.05) is 30.3 Å². The van der Waals surface area contributed by atoms with Gasteiger partial charge in [-0.25, -0.2) is 4.79 Å². The molecule has 1 unspecified atom stereocenters. The summed E-state index contributed by atoms with van der Waals surface area (Å²) in [5.74, 6) is -1.72. The Hall–Kier alpha value is -2.96. The molecule has 0 fully saturated rings. The number of alkyl halides is 2. The van der Waals surface area contributed by atoms with Gasteiger partial charge in [-0.05, 0) is 49.6 Å². The number of aryl methyl sites for hydroxylation is 2. The summed E-state index contributed by atoms with van der Waals surface area (Å²) in [4.78, 5) is 24.1. The lowest BCUT2D eigenvalue weighted by Crippen LogP contribution is -2.31. The second-order valence-electron chi connectivity index (χ2n) is 6.08. The number of rotatable bonds is 7. The van der Waals surface area contributed by atoms with Gasteiger partial charge >= 0.3 is 12.6 Å². The molecule has 0 saturated carbocycles. The Bertz CT molecular complexity index is 823. The van der Waals surface area contributed by atoms with Crippen LogP contribution in [0.1, 0.15) is 40.0 Å². The van der Waals surface area contributed by atoms with Crippen LogP contribution in [0, 0.1) is 13.8 Å². The Morgan fingerprint density at radius 1 is 1.07 bits per heavy atom. The molecule has 2 aromatic rings. The van der Waals surface area contributed by atoms with E-state index in [9.17, 15) is 18.4 Å². The number of carbonyl (C=O) groups is 2. The molecule has 1 atom stereocenters. The summed E-state index contributed by atoms with van der Waals surface area (Å²) in [6.45, 7) is 2.19. The third kappa shape index (κ3) is 5.77. The van der Waals surface area contributed by atoms with Gasteiger partial charge in [0.05, 0.1) is 6.04 Å². The molecule has 0 aliphatic carbocycles. The average molecular weight is 377 g/mol. The molecular formula is C20H21F2NO4. The van der Waals surface area contributed by atoms with E-state index in [1.165, 1.54) is 24.3 Å². The minimum Gasteiger partial charge on any atom is -0.452 e. The van der Waals surface area contributed by atoms with Gasteiger partial charge in [-0.2, -0.15) is 8.78 Å². The normalized spacial score (nSPS) is 11.8. The largest absolute Gasteiger partial charge is 0.452 e. The van der Waals surface area contributed by atoms with Crippen molar-refractivity contribution in [2.75, 3.05) is 6.61 Å². The van der Waals surface area contributed by atoms with Crippen molar-refractivity contribution in [3.63, 3.8) is 0 Å². The highest BCUT2D eigenvalue weighted by Gasteiger charge is 2.18. The molecule has 5 nitrogen and oxygen atoms in total. The molecule has 0 aliphatic rings. The van der Waals surface area contributed by atoms with Crippen LogP contribution in [0.4, 0.5) is 8.78 Å². The molecule has 144 valence electrons. The van der Waals surface area contributed by atoms with E-state index in [1.807, 2.05) is 39.0 Å². The van der Waals surface area contributed by atoms with E-state index >= 15 is 0 Å². The van der Waals surface area contributed by atoms with Crippen LogP contribution in [0.2, 0.25) is 0 Å². The Kier molecular flexibility index (Phi) is 6.87. The molecule has 2 aromatic carbocycles. The fourth-order valence-electron chi connectivity index (χ4n) is 2.44. The molecular weight excluding hydrogens is 356 g/mol. The van der Waals surface area contributed by atoms with Gasteiger partial charge in [0.1, 0.15) is 11.3 Å². The fourth-order valence-corrected chi connectivity index (χ4v) is 2.44. The van der Waals surface area contributed by atoms with E-state index < -0.39 is 25.1 Å². The van der Waals surface area contributed by atoms with E-state index in [0.29, 0.717) is 0 Å². The summed E-state index contributed by atoms with van der Waals surface area (Å²) >= 11 is 0. The van der Waals surface area contributed by atoms with Crippen LogP contribution in [0.3, 0.4) is 0 Å². The maximum atomic E-state index is 12.4. The predicted molar refractivity (Wildman–Crippen MR) is 95.8 cm³/mol. The molecule has 27 heavy (non-hydrogen) atoms. The lowest BCUT2D eigenvalue weighted by atomic mass is 10.0. The summed E-state index contributed by atoms with van der Waals surface area (Å²) in [6.07, 6.45) is 0. The van der Waals surface area contributed by atoms with Gasteiger partial charge in [0, 0.05) is 0 Å². The summed E-state index contributed by atoms with van der Waals surface area (Å²) < 4.78 is 34.0. The van der Waals surface area contributed by atoms with Crippen LogP contribution in [0.15, 0.2) is 42.5 Å². The van der Waals surface area contributed by atoms with Crippen molar-refractivity contribution in [2.45, 2.75) is 33.4 Å². The molecule has 0 spiro atoms. The number of hydrogen-bond acceptors (Lipinski definition) is 4. The molecule has 2 rings (SSSR count). The number of hydrogen-bond donors (Lipinski definition) is 1. The first-order chi connectivity index (χ1) is 12.8. The van der Waals surface area contributed by atoms with Crippen molar-refractivity contribution >= 4 is 11.9 Å². The van der Waals surface area contributed by atoms with Gasteiger partial charge in [-0.3, -0.25) is 4.79 Å². The topological polar surface area (TPSA) is 64.6 Å². The van der Waals surface area contributed by atoms with E-state index in [4.69, 9.17) is 4.74 Å². The average Bonchev–Trinajstić information content (AvgIpc) is 2.62. The van der Waals surface area contributed by atoms with Crippen molar-refractivity contribution in [3.8, 4) is 5.75 Å². The van der Waals surface area contributed by atoms with Crippen molar-refractivity contribution in [2.24, 2.45) is 0 Å². The predicted octanol–water partition coefficient (Wildman–Crippen LogP) is 3.94. The Morgan fingerprint density at radius 2 is 1.78 bits per heavy atom. The van der Waals surface area contributed by atoms with Crippen molar-refractivity contribution in [3.05, 3.63) is 64.7 Å². The van der Waals surface area contributed by atoms with Gasteiger partial charge < -0.3 is 14.8 Å². The van der Waals surface area contributed by atoms with Crippen LogP contribution in [-0.2, 0) is 9.53 Å². The molecule has 1 amide bonds. The second kappa shape index (κ2) is 9.12. The lowest BCUT2D eigenvalue weighted by molar-refractivity contribution is -0.124. The standard InChI is InChI=1S/C20H21F2NO4/c1-12-8-9-15(10-13(12)2)14(3)23-18(24)11-26-19(25)16-6-4-5-7-17(16)27-20(21)22/h4-10,14,20H,11H2,1-3H3,(H,23,24). The highest BCUT2D eigenvalue weighted by molar-refractivity contribution is 5.94. The van der Waals surface area contributed by atoms with Crippen LogP contribution in [0.5, 0.6) is 5.75 Å². The van der Waals surface area contributed by atoms with Gasteiger partial charge in [0.15, 0.2) is 6.61 Å². The maximum absolute atomic E-state index is 12.4. The van der Waals surface area contributed by atoms with E-state index in [0.717, 1.165) is 16.7 Å². The summed E-state index contributed by atoms with van der Waals surface area (Å²) in [5, 5.41) is 2.73. The second-order valence-corrected chi connectivity index (χ2v) is 6.08. The van der Waals surface area contributed by atoms with E-state index in [-0.39, 0.29) is 17.4 Å². The molecule has 0 saturated heterocycles. The van der Waals surface area contributed by atoms with Crippen molar-refractivity contribution in [1.82, 2.24) is 5.32 Å². The molecule has 0 radical (unpaired) electrons. The Morgan fingerprint density at radius 3 is 2.44 bits per heavy atom. The van der Waals surface area contributed by atoms with Gasteiger partial charge in [-0.15, -0.1) is 0 Å². The zero-order valence-corrected chi connectivity index (χ0v) is 15.3. The number of benzene rings is 2. The fraction of sp³-hybridized carbons (Fsp3) is 0.300. The number of ether oxygens (including phenoxy) is 2. The number of esters is 1. The van der Waals surface area contributed by atoms with Gasteiger partial charge in [0.2, 0.25) is 0 Å². The highest BCUT2D eigenvalue weighted by Crippen LogP contribution is 2.21. The first-order valence-electron chi connectivity index (χ1n) is 8.35. The summed E-state index contributed by atoms with van der Waals surface area (Å²) in [6, 6.07) is 11.0. The number of nitrogens with one attached hydrogen (secondary N) is 1. The highest BCUT2D eigenvalue weighted by atomic mass is 19.3. The van der Waals surface area contributed by atoms with Crippen LogP contribution < -0.4 is 10.1 Å². The number of para-hydroxylation sites is 1. The molecule has 0 aromatic heterocycles. The number of halogens is 2. The SMILES string of the molecule is Cc1ccc(C(C)NC(=O)COC(=O)c2ccccc2OC(F)F)cc1C. The number of carbonyl (C=O) groups excluding carboxylic acids is 2. The lowest BCUT2D eigenvalue weighted by Gasteiger charge is -2.16. The first-order valence-corrected chi connectivity index (χ1v) is 8.35. The zero-order chi connectivity index (χ0) is 20.0. The van der Waals surface area contributed by atoms with Crippen molar-refractivity contribution < 1.29 is 27.8 Å². The van der Waals surface area contributed by atoms with Crippen molar-refractivity contribution in [1.29, 1.82) is 0 Å². The van der Waals surface area contributed by atoms with E-state index in [2.05, 4.69) is 10.1 Å². The van der Waals surface area contributed by atoms with Gasteiger partial charge in [0.25, 0.3) is 5.91 Å². The molecule has 7 heteroatoms. The molecule has 0 bridgehead atoms.